The topological polar surface area (TPSA) is 79.2 Å². The molecule has 1 aliphatic rings. The van der Waals surface area contributed by atoms with Crippen molar-refractivity contribution >= 4 is 28.2 Å². The van der Waals surface area contributed by atoms with Crippen LogP contribution in [0.3, 0.4) is 0 Å². The van der Waals surface area contributed by atoms with Gasteiger partial charge in [-0.05, 0) is 56.2 Å². The van der Waals surface area contributed by atoms with Gasteiger partial charge in [0.05, 0.1) is 11.1 Å². The predicted molar refractivity (Wildman–Crippen MR) is 105 cm³/mol. The smallest absolute Gasteiger partial charge is 0.338 e. The number of aryl methyl sites for hydroxylation is 2. The monoisotopic (exact) mass is 382 g/mol. The molecular weight excluding hydrogens is 360 g/mol. The maximum Gasteiger partial charge on any atom is 0.338 e. The molecule has 1 heterocycles. The Hall–Kier alpha value is -2.65. The Morgan fingerprint density at radius 2 is 2.15 bits per heavy atom. The first-order chi connectivity index (χ1) is 12.9. The maximum atomic E-state index is 12.2. The molecule has 0 bridgehead atoms. The quantitative estimate of drug-likeness (QED) is 0.806. The van der Waals surface area contributed by atoms with E-state index in [4.69, 9.17) is 4.74 Å². The van der Waals surface area contributed by atoms with Gasteiger partial charge in [-0.15, -0.1) is 11.3 Å². The predicted octanol–water partition coefficient (Wildman–Crippen LogP) is 4.16. The van der Waals surface area contributed by atoms with E-state index in [1.54, 1.807) is 6.07 Å². The number of nitrogens with zero attached hydrogens (tertiary/aromatic N) is 1. The second-order valence-electron chi connectivity index (χ2n) is 7.11. The molecule has 1 atom stereocenters. The summed E-state index contributed by atoms with van der Waals surface area (Å²) in [7, 11) is 0. The average Bonchev–Trinajstić information content (AvgIpc) is 2.95. The van der Waals surface area contributed by atoms with Gasteiger partial charge in [0.15, 0.2) is 6.61 Å². The maximum absolute atomic E-state index is 12.2. The molecule has 1 N–H and O–H groups in total. The van der Waals surface area contributed by atoms with Crippen molar-refractivity contribution in [2.45, 2.75) is 40.0 Å². The van der Waals surface area contributed by atoms with Crippen LogP contribution in [0.5, 0.6) is 0 Å². The number of benzene rings is 1. The zero-order chi connectivity index (χ0) is 19.6. The molecule has 1 aromatic carbocycles. The number of carbonyl (C=O) groups excluding carboxylic acids is 2. The Morgan fingerprint density at radius 1 is 1.37 bits per heavy atom. The van der Waals surface area contributed by atoms with Crippen molar-refractivity contribution < 1.29 is 14.3 Å². The SMILES string of the molecule is Cc1ccc(C(=O)OCC(=O)Nc2sc3c(c2C#N)CC[C@@H](C)C3)c(C)c1. The third-order valence-corrected chi connectivity index (χ3v) is 5.98. The minimum absolute atomic E-state index is 0.379. The van der Waals surface area contributed by atoms with Crippen LogP contribution in [-0.4, -0.2) is 18.5 Å². The van der Waals surface area contributed by atoms with Crippen LogP contribution >= 0.6 is 11.3 Å². The number of rotatable bonds is 4. The molecule has 5 nitrogen and oxygen atoms in total. The first kappa shape index (κ1) is 19.1. The van der Waals surface area contributed by atoms with Crippen molar-refractivity contribution in [3.8, 4) is 6.07 Å². The second-order valence-corrected chi connectivity index (χ2v) is 8.22. The van der Waals surface area contributed by atoms with Crippen LogP contribution in [0, 0.1) is 31.1 Å². The van der Waals surface area contributed by atoms with Gasteiger partial charge in [-0.3, -0.25) is 4.79 Å². The van der Waals surface area contributed by atoms with Crippen LogP contribution < -0.4 is 5.32 Å². The molecule has 0 saturated carbocycles. The van der Waals surface area contributed by atoms with Crippen LogP contribution in [0.4, 0.5) is 5.00 Å². The first-order valence-electron chi connectivity index (χ1n) is 8.98. The summed E-state index contributed by atoms with van der Waals surface area (Å²) in [6.45, 7) is 5.60. The van der Waals surface area contributed by atoms with Gasteiger partial charge >= 0.3 is 5.97 Å². The molecule has 2 aromatic rings. The molecule has 0 radical (unpaired) electrons. The van der Waals surface area contributed by atoms with E-state index in [9.17, 15) is 14.9 Å². The lowest BCUT2D eigenvalue weighted by atomic mass is 9.89. The van der Waals surface area contributed by atoms with Crippen LogP contribution in [0.25, 0.3) is 0 Å². The summed E-state index contributed by atoms with van der Waals surface area (Å²) in [6, 6.07) is 7.65. The molecule has 27 heavy (non-hydrogen) atoms. The molecule has 0 aliphatic heterocycles. The van der Waals surface area contributed by atoms with Crippen LogP contribution in [0.15, 0.2) is 18.2 Å². The van der Waals surface area contributed by atoms with Crippen LogP contribution in [0.2, 0.25) is 0 Å². The molecule has 0 fully saturated rings. The van der Waals surface area contributed by atoms with Gasteiger partial charge in [0.2, 0.25) is 0 Å². The van der Waals surface area contributed by atoms with E-state index < -0.39 is 11.9 Å². The number of nitrogens with one attached hydrogen (secondary N) is 1. The van der Waals surface area contributed by atoms with Crippen molar-refractivity contribution in [2.75, 3.05) is 11.9 Å². The average molecular weight is 382 g/mol. The molecular formula is C21H22N2O3S. The Kier molecular flexibility index (Phi) is 5.62. The lowest BCUT2D eigenvalue weighted by molar-refractivity contribution is -0.119. The van der Waals surface area contributed by atoms with Gasteiger partial charge < -0.3 is 10.1 Å². The van der Waals surface area contributed by atoms with Crippen molar-refractivity contribution in [1.29, 1.82) is 5.26 Å². The van der Waals surface area contributed by atoms with E-state index in [-0.39, 0.29) is 6.61 Å². The molecule has 1 aromatic heterocycles. The van der Waals surface area contributed by atoms with Gasteiger partial charge in [0, 0.05) is 4.88 Å². The highest BCUT2D eigenvalue weighted by Gasteiger charge is 2.25. The molecule has 1 aliphatic carbocycles. The number of hydrogen-bond donors (Lipinski definition) is 1. The second kappa shape index (κ2) is 7.93. The van der Waals surface area contributed by atoms with Gasteiger partial charge in [-0.2, -0.15) is 5.26 Å². The normalized spacial score (nSPS) is 15.6. The molecule has 0 saturated heterocycles. The Balaban J connectivity index is 1.65. The summed E-state index contributed by atoms with van der Waals surface area (Å²) >= 11 is 1.46. The third-order valence-electron chi connectivity index (χ3n) is 4.81. The fourth-order valence-electron chi connectivity index (χ4n) is 3.37. The number of hydrogen-bond acceptors (Lipinski definition) is 5. The fraction of sp³-hybridized carbons (Fsp3) is 0.381. The largest absolute Gasteiger partial charge is 0.452 e. The zero-order valence-electron chi connectivity index (χ0n) is 15.7. The number of ether oxygens (including phenoxy) is 1. The fourth-order valence-corrected chi connectivity index (χ4v) is 4.75. The van der Waals surface area contributed by atoms with Crippen molar-refractivity contribution in [3.05, 3.63) is 50.9 Å². The number of amides is 1. The van der Waals surface area contributed by atoms with Crippen LogP contribution in [-0.2, 0) is 22.4 Å². The number of carbonyl (C=O) groups is 2. The van der Waals surface area contributed by atoms with Gasteiger partial charge in [-0.1, -0.05) is 24.6 Å². The summed E-state index contributed by atoms with van der Waals surface area (Å²) in [5.74, 6) is -0.372. The summed E-state index contributed by atoms with van der Waals surface area (Å²) in [6.07, 6.45) is 2.86. The number of fused-ring (bicyclic) bond motifs is 1. The lowest BCUT2D eigenvalue weighted by Gasteiger charge is -2.17. The van der Waals surface area contributed by atoms with Crippen molar-refractivity contribution in [3.63, 3.8) is 0 Å². The van der Waals surface area contributed by atoms with Gasteiger partial charge in [0.25, 0.3) is 5.91 Å². The lowest BCUT2D eigenvalue weighted by Crippen LogP contribution is -2.21. The molecule has 140 valence electrons. The molecule has 0 spiro atoms. The van der Waals surface area contributed by atoms with Crippen molar-refractivity contribution in [1.82, 2.24) is 0 Å². The van der Waals surface area contributed by atoms with Gasteiger partial charge in [-0.25, -0.2) is 4.79 Å². The highest BCUT2D eigenvalue weighted by molar-refractivity contribution is 7.16. The minimum Gasteiger partial charge on any atom is -0.452 e. The first-order valence-corrected chi connectivity index (χ1v) is 9.79. The van der Waals surface area contributed by atoms with E-state index >= 15 is 0 Å². The number of anilines is 1. The Bertz CT molecular complexity index is 940. The summed E-state index contributed by atoms with van der Waals surface area (Å²) in [5, 5.41) is 12.8. The number of nitriles is 1. The number of esters is 1. The minimum atomic E-state index is -0.526. The summed E-state index contributed by atoms with van der Waals surface area (Å²) in [5.41, 5.74) is 3.93. The summed E-state index contributed by atoms with van der Waals surface area (Å²) < 4.78 is 5.15. The van der Waals surface area contributed by atoms with Gasteiger partial charge in [0.1, 0.15) is 11.1 Å². The highest BCUT2D eigenvalue weighted by Crippen LogP contribution is 2.39. The molecule has 3 rings (SSSR count). The standard InChI is InChI=1S/C21H22N2O3S/c1-12-4-6-15(14(3)8-12)21(25)26-11-19(24)23-20-17(10-22)16-7-5-13(2)9-18(16)27-20/h4,6,8,13H,5,7,9,11H2,1-3H3,(H,23,24)/t13-/m1/s1. The summed E-state index contributed by atoms with van der Waals surface area (Å²) in [4.78, 5) is 25.6. The highest BCUT2D eigenvalue weighted by atomic mass is 32.1. The Morgan fingerprint density at radius 3 is 2.85 bits per heavy atom. The van der Waals surface area contributed by atoms with E-state index in [1.807, 2.05) is 26.0 Å². The van der Waals surface area contributed by atoms with Crippen LogP contribution in [0.1, 0.15) is 50.8 Å². The molecule has 0 unspecified atom stereocenters. The molecule has 6 heteroatoms. The van der Waals surface area contributed by atoms with E-state index in [2.05, 4.69) is 18.3 Å². The Labute approximate surface area is 163 Å². The zero-order valence-corrected chi connectivity index (χ0v) is 16.5. The van der Waals surface area contributed by atoms with E-state index in [0.29, 0.717) is 22.0 Å². The number of thiophene rings is 1. The molecule has 1 amide bonds. The third kappa shape index (κ3) is 4.20. The van der Waals surface area contributed by atoms with E-state index in [0.717, 1.165) is 36.0 Å². The van der Waals surface area contributed by atoms with E-state index in [1.165, 1.54) is 16.2 Å². The van der Waals surface area contributed by atoms with Crippen molar-refractivity contribution in [2.24, 2.45) is 5.92 Å².